The summed E-state index contributed by atoms with van der Waals surface area (Å²) in [5, 5.41) is 0. The molecule has 1 heterocycles. The van der Waals surface area contributed by atoms with Gasteiger partial charge in [0.15, 0.2) is 6.26 Å². The molecule has 1 aromatic heterocycles. The van der Waals surface area contributed by atoms with E-state index in [1.807, 2.05) is 6.07 Å². The number of furan rings is 1. The Balaban J connectivity index is 2.44. The molecule has 0 unspecified atom stereocenters. The van der Waals surface area contributed by atoms with Gasteiger partial charge < -0.3 is 9.32 Å². The van der Waals surface area contributed by atoms with Crippen molar-refractivity contribution in [2.45, 2.75) is 39.5 Å². The van der Waals surface area contributed by atoms with Crippen LogP contribution in [0, 0.1) is 6.26 Å². The average molecular weight is 194 g/mol. The first-order valence-electron chi connectivity index (χ1n) is 5.58. The fraction of sp³-hybridized carbons (Fsp3) is 0.667. The molecule has 0 aliphatic carbocycles. The molecule has 0 fully saturated rings. The molecule has 1 radical (unpaired) electrons. The summed E-state index contributed by atoms with van der Waals surface area (Å²) in [5.74, 6) is 0. The molecule has 0 saturated carbocycles. The zero-order chi connectivity index (χ0) is 10.2. The molecule has 0 aliphatic rings. The van der Waals surface area contributed by atoms with E-state index in [1.54, 1.807) is 6.26 Å². The molecular formula is C12H20NO. The van der Waals surface area contributed by atoms with Gasteiger partial charge in [-0.25, -0.2) is 0 Å². The maximum absolute atomic E-state index is 4.99. The second-order valence-electron chi connectivity index (χ2n) is 3.60. The van der Waals surface area contributed by atoms with Crippen molar-refractivity contribution in [3.05, 3.63) is 18.6 Å². The van der Waals surface area contributed by atoms with Crippen LogP contribution >= 0.6 is 0 Å². The first-order chi connectivity index (χ1) is 6.88. The zero-order valence-electron chi connectivity index (χ0n) is 9.25. The lowest BCUT2D eigenvalue weighted by Crippen LogP contribution is -2.25. The Morgan fingerprint density at radius 2 is 1.86 bits per heavy atom. The molecule has 2 heteroatoms. The topological polar surface area (TPSA) is 16.4 Å². The standard InChI is InChI=1S/C12H20NO/c1-3-5-8-13(9-6-4-2)12-7-10-14-11-12/h7,10H,3-6,8-9H2,1-2H3. The van der Waals surface area contributed by atoms with Gasteiger partial charge in [0.05, 0.1) is 12.0 Å². The second-order valence-corrected chi connectivity index (χ2v) is 3.60. The van der Waals surface area contributed by atoms with Gasteiger partial charge in [-0.1, -0.05) is 26.7 Å². The molecule has 0 N–H and O–H groups in total. The number of nitrogens with zero attached hydrogens (tertiary/aromatic N) is 1. The van der Waals surface area contributed by atoms with Crippen molar-refractivity contribution < 1.29 is 4.42 Å². The van der Waals surface area contributed by atoms with Crippen LogP contribution in [0.25, 0.3) is 0 Å². The number of hydrogen-bond donors (Lipinski definition) is 0. The van der Waals surface area contributed by atoms with Crippen LogP contribution in [0.4, 0.5) is 5.69 Å². The minimum atomic E-state index is 1.10. The maximum atomic E-state index is 4.99. The predicted molar refractivity (Wildman–Crippen MR) is 59.6 cm³/mol. The number of unbranched alkanes of at least 4 members (excludes halogenated alkanes) is 2. The highest BCUT2D eigenvalue weighted by Gasteiger charge is 2.06. The normalized spacial score (nSPS) is 10.4. The minimum absolute atomic E-state index is 1.10. The molecule has 0 spiro atoms. The lowest BCUT2D eigenvalue weighted by Gasteiger charge is -2.22. The van der Waals surface area contributed by atoms with E-state index in [2.05, 4.69) is 25.0 Å². The van der Waals surface area contributed by atoms with Crippen LogP contribution in [0.3, 0.4) is 0 Å². The first-order valence-corrected chi connectivity index (χ1v) is 5.58. The van der Waals surface area contributed by atoms with Crippen molar-refractivity contribution in [2.24, 2.45) is 0 Å². The Morgan fingerprint density at radius 3 is 2.29 bits per heavy atom. The van der Waals surface area contributed by atoms with E-state index in [4.69, 9.17) is 4.42 Å². The van der Waals surface area contributed by atoms with Gasteiger partial charge in [0.25, 0.3) is 0 Å². The van der Waals surface area contributed by atoms with Crippen molar-refractivity contribution in [3.8, 4) is 0 Å². The Morgan fingerprint density at radius 1 is 1.21 bits per heavy atom. The third kappa shape index (κ3) is 3.44. The highest BCUT2D eigenvalue weighted by atomic mass is 16.3. The van der Waals surface area contributed by atoms with Crippen molar-refractivity contribution in [1.29, 1.82) is 0 Å². The van der Waals surface area contributed by atoms with Crippen LogP contribution in [0.5, 0.6) is 0 Å². The number of rotatable bonds is 7. The SMILES string of the molecule is CCCCN(CCCC)c1[c]occ1. The van der Waals surface area contributed by atoms with Gasteiger partial charge in [0.2, 0.25) is 0 Å². The Bertz CT molecular complexity index is 210. The van der Waals surface area contributed by atoms with Crippen LogP contribution in [0.1, 0.15) is 39.5 Å². The Kier molecular flexibility index (Phi) is 5.20. The summed E-state index contributed by atoms with van der Waals surface area (Å²) in [6.07, 6.45) is 9.55. The van der Waals surface area contributed by atoms with E-state index in [0.717, 1.165) is 18.8 Å². The van der Waals surface area contributed by atoms with Gasteiger partial charge in [-0.3, -0.25) is 0 Å². The average Bonchev–Trinajstić information content (AvgIpc) is 2.71. The molecule has 0 bridgehead atoms. The monoisotopic (exact) mass is 194 g/mol. The van der Waals surface area contributed by atoms with E-state index >= 15 is 0 Å². The van der Waals surface area contributed by atoms with Gasteiger partial charge in [-0.2, -0.15) is 0 Å². The molecule has 1 aromatic rings. The Hall–Kier alpha value is -0.920. The maximum Gasteiger partial charge on any atom is 0.194 e. The zero-order valence-corrected chi connectivity index (χ0v) is 9.25. The fourth-order valence-electron chi connectivity index (χ4n) is 1.45. The Labute approximate surface area is 86.9 Å². The minimum Gasteiger partial charge on any atom is -0.459 e. The molecule has 0 amide bonds. The van der Waals surface area contributed by atoms with Gasteiger partial charge >= 0.3 is 0 Å². The van der Waals surface area contributed by atoms with Crippen molar-refractivity contribution >= 4 is 5.69 Å². The molecular weight excluding hydrogens is 174 g/mol. The summed E-state index contributed by atoms with van der Waals surface area (Å²) in [6.45, 7) is 6.67. The summed E-state index contributed by atoms with van der Waals surface area (Å²) in [5.41, 5.74) is 1.10. The summed E-state index contributed by atoms with van der Waals surface area (Å²) < 4.78 is 4.99. The number of hydrogen-bond acceptors (Lipinski definition) is 2. The largest absolute Gasteiger partial charge is 0.459 e. The third-order valence-electron chi connectivity index (χ3n) is 2.36. The van der Waals surface area contributed by atoms with Gasteiger partial charge in [-0.15, -0.1) is 0 Å². The molecule has 0 atom stereocenters. The summed E-state index contributed by atoms with van der Waals surface area (Å²) >= 11 is 0. The first kappa shape index (κ1) is 11.2. The summed E-state index contributed by atoms with van der Waals surface area (Å²) in [7, 11) is 0. The third-order valence-corrected chi connectivity index (χ3v) is 2.36. The van der Waals surface area contributed by atoms with Crippen LogP contribution in [0.15, 0.2) is 16.7 Å². The van der Waals surface area contributed by atoms with Gasteiger partial charge in [0, 0.05) is 19.2 Å². The van der Waals surface area contributed by atoms with E-state index in [9.17, 15) is 0 Å². The molecule has 2 nitrogen and oxygen atoms in total. The van der Waals surface area contributed by atoms with E-state index in [0.29, 0.717) is 0 Å². The molecule has 1 rings (SSSR count). The molecule has 0 saturated heterocycles. The highest BCUT2D eigenvalue weighted by Crippen LogP contribution is 2.15. The van der Waals surface area contributed by atoms with E-state index in [1.165, 1.54) is 25.7 Å². The molecule has 0 aromatic carbocycles. The van der Waals surface area contributed by atoms with E-state index in [-0.39, 0.29) is 0 Å². The lowest BCUT2D eigenvalue weighted by atomic mass is 10.2. The van der Waals surface area contributed by atoms with Gasteiger partial charge in [-0.05, 0) is 12.8 Å². The van der Waals surface area contributed by atoms with Crippen LogP contribution in [0.2, 0.25) is 0 Å². The van der Waals surface area contributed by atoms with E-state index < -0.39 is 0 Å². The molecule has 0 aliphatic heterocycles. The van der Waals surface area contributed by atoms with Crippen molar-refractivity contribution in [2.75, 3.05) is 18.0 Å². The summed E-state index contributed by atoms with van der Waals surface area (Å²) in [6, 6.07) is 1.99. The molecule has 79 valence electrons. The van der Waals surface area contributed by atoms with Gasteiger partial charge in [0.1, 0.15) is 0 Å². The van der Waals surface area contributed by atoms with Crippen LogP contribution in [-0.2, 0) is 0 Å². The fourth-order valence-corrected chi connectivity index (χ4v) is 1.45. The number of anilines is 1. The summed E-state index contributed by atoms with van der Waals surface area (Å²) in [4.78, 5) is 2.36. The smallest absolute Gasteiger partial charge is 0.194 e. The van der Waals surface area contributed by atoms with Crippen LogP contribution in [-0.4, -0.2) is 13.1 Å². The second kappa shape index (κ2) is 6.52. The molecule has 14 heavy (non-hydrogen) atoms. The lowest BCUT2D eigenvalue weighted by molar-refractivity contribution is 0.555. The highest BCUT2D eigenvalue weighted by molar-refractivity contribution is 5.41. The van der Waals surface area contributed by atoms with Crippen molar-refractivity contribution in [3.63, 3.8) is 0 Å². The predicted octanol–water partition coefficient (Wildman–Crippen LogP) is 3.49. The quantitative estimate of drug-likeness (QED) is 0.660. The van der Waals surface area contributed by atoms with Crippen molar-refractivity contribution in [1.82, 2.24) is 0 Å². The van der Waals surface area contributed by atoms with Crippen LogP contribution < -0.4 is 4.90 Å².